The largest absolute Gasteiger partial charge is 0.212 e. The van der Waals surface area contributed by atoms with Gasteiger partial charge in [-0.05, 0) is 12.1 Å². The summed E-state index contributed by atoms with van der Waals surface area (Å²) in [6.45, 7) is 2.28. The van der Waals surface area contributed by atoms with Gasteiger partial charge in [0, 0.05) is 23.3 Å². The van der Waals surface area contributed by atoms with E-state index in [0.717, 1.165) is 5.82 Å². The first-order valence-corrected chi connectivity index (χ1v) is 5.50. The lowest BCUT2D eigenvalue weighted by Gasteiger charge is -2.02. The SMILES string of the molecule is C[C@@H]1[B]C1c1ccc2ccccc2[n+]1C. The third-order valence-corrected chi connectivity index (χ3v) is 3.40. The van der Waals surface area contributed by atoms with Gasteiger partial charge in [0.05, 0.1) is 0 Å². The Morgan fingerprint density at radius 2 is 1.87 bits per heavy atom. The maximum Gasteiger partial charge on any atom is 0.212 e. The molecule has 0 amide bonds. The molecule has 1 nitrogen and oxygen atoms in total. The van der Waals surface area contributed by atoms with Gasteiger partial charge < -0.3 is 0 Å². The van der Waals surface area contributed by atoms with Crippen LogP contribution in [0.15, 0.2) is 36.4 Å². The second kappa shape index (κ2) is 3.09. The van der Waals surface area contributed by atoms with Gasteiger partial charge in [-0.15, -0.1) is 0 Å². The van der Waals surface area contributed by atoms with Crippen molar-refractivity contribution < 1.29 is 4.57 Å². The van der Waals surface area contributed by atoms with Gasteiger partial charge in [-0.2, -0.15) is 4.57 Å². The molecular formula is C13H14BN+. The molecule has 0 saturated carbocycles. The highest BCUT2D eigenvalue weighted by atomic mass is 14.9. The van der Waals surface area contributed by atoms with Gasteiger partial charge in [0.15, 0.2) is 5.69 Å². The monoisotopic (exact) mass is 195 g/mol. The summed E-state index contributed by atoms with van der Waals surface area (Å²) >= 11 is 0. The predicted octanol–water partition coefficient (Wildman–Crippen LogP) is 2.23. The summed E-state index contributed by atoms with van der Waals surface area (Å²) < 4.78 is 2.32. The lowest BCUT2D eigenvalue weighted by molar-refractivity contribution is -0.652. The van der Waals surface area contributed by atoms with Crippen LogP contribution in [0.5, 0.6) is 0 Å². The Morgan fingerprint density at radius 1 is 1.13 bits per heavy atom. The minimum absolute atomic E-state index is 0.666. The molecule has 2 heteroatoms. The Labute approximate surface area is 91.0 Å². The van der Waals surface area contributed by atoms with Crippen molar-refractivity contribution in [1.82, 2.24) is 0 Å². The van der Waals surface area contributed by atoms with Crippen molar-refractivity contribution in [2.75, 3.05) is 0 Å². The van der Waals surface area contributed by atoms with Gasteiger partial charge in [0.2, 0.25) is 5.52 Å². The van der Waals surface area contributed by atoms with Crippen LogP contribution in [0.3, 0.4) is 0 Å². The first-order chi connectivity index (χ1) is 7.27. The molecule has 1 aromatic carbocycles. The predicted molar refractivity (Wildman–Crippen MR) is 63.0 cm³/mol. The number of pyridine rings is 1. The zero-order valence-corrected chi connectivity index (χ0v) is 9.14. The first-order valence-electron chi connectivity index (χ1n) is 5.50. The highest BCUT2D eigenvalue weighted by Crippen LogP contribution is 2.42. The van der Waals surface area contributed by atoms with Crippen LogP contribution in [-0.2, 0) is 7.05 Å². The summed E-state index contributed by atoms with van der Waals surface area (Å²) in [4.78, 5) is 0. The molecule has 0 bridgehead atoms. The molecule has 0 N–H and O–H groups in total. The molecule has 0 aliphatic carbocycles. The molecule has 15 heavy (non-hydrogen) atoms. The van der Waals surface area contributed by atoms with E-state index in [2.05, 4.69) is 62.2 Å². The summed E-state index contributed by atoms with van der Waals surface area (Å²) in [5.41, 5.74) is 2.75. The van der Waals surface area contributed by atoms with Gasteiger partial charge in [-0.3, -0.25) is 0 Å². The molecule has 2 atom stereocenters. The lowest BCUT2D eigenvalue weighted by Crippen LogP contribution is -2.34. The van der Waals surface area contributed by atoms with Crippen LogP contribution in [0.4, 0.5) is 0 Å². The maximum atomic E-state index is 2.39. The van der Waals surface area contributed by atoms with Crippen molar-refractivity contribution in [3.05, 3.63) is 42.1 Å². The van der Waals surface area contributed by atoms with Crippen LogP contribution in [0.2, 0.25) is 5.82 Å². The van der Waals surface area contributed by atoms with Crippen molar-refractivity contribution in [1.29, 1.82) is 0 Å². The average molecular weight is 195 g/mol. The molecule has 0 spiro atoms. The van der Waals surface area contributed by atoms with Crippen LogP contribution in [0, 0.1) is 0 Å². The van der Waals surface area contributed by atoms with E-state index in [1.165, 1.54) is 16.6 Å². The lowest BCUT2D eigenvalue weighted by atomic mass is 9.97. The van der Waals surface area contributed by atoms with Crippen LogP contribution < -0.4 is 4.57 Å². The number of hydrogen-bond acceptors (Lipinski definition) is 0. The molecule has 1 radical (unpaired) electrons. The molecule has 2 heterocycles. The van der Waals surface area contributed by atoms with E-state index in [0.29, 0.717) is 5.82 Å². The second-order valence-electron chi connectivity index (χ2n) is 4.45. The van der Waals surface area contributed by atoms with Gasteiger partial charge >= 0.3 is 0 Å². The topological polar surface area (TPSA) is 3.88 Å². The molecule has 1 aliphatic rings. The number of rotatable bonds is 1. The van der Waals surface area contributed by atoms with Gasteiger partial charge in [-0.1, -0.05) is 24.9 Å². The molecule has 1 aromatic heterocycles. The Hall–Kier alpha value is -1.31. The van der Waals surface area contributed by atoms with E-state index in [1.54, 1.807) is 0 Å². The van der Waals surface area contributed by atoms with E-state index in [9.17, 15) is 0 Å². The highest BCUT2D eigenvalue weighted by Gasteiger charge is 2.41. The number of fused-ring (bicyclic) bond motifs is 1. The normalized spacial score (nSPS) is 23.9. The minimum atomic E-state index is 0.666. The summed E-state index contributed by atoms with van der Waals surface area (Å²) in [7, 11) is 4.56. The summed E-state index contributed by atoms with van der Waals surface area (Å²) in [6, 6.07) is 13.0. The second-order valence-corrected chi connectivity index (χ2v) is 4.45. The number of benzene rings is 1. The quantitative estimate of drug-likeness (QED) is 0.485. The van der Waals surface area contributed by atoms with Gasteiger partial charge in [0.25, 0.3) is 0 Å². The van der Waals surface area contributed by atoms with E-state index in [-0.39, 0.29) is 0 Å². The molecule has 1 saturated heterocycles. The number of hydrogen-bond donors (Lipinski definition) is 0. The van der Waals surface area contributed by atoms with Crippen molar-refractivity contribution in [3.63, 3.8) is 0 Å². The standard InChI is InChI=1S/C13H14BN/c1-9-13(14-9)12-8-7-10-5-3-4-6-11(10)15(12)2/h3-9,13H,1-2H3/q+1/t9-,13?/m0/s1. The smallest absolute Gasteiger partial charge is 0.199 e. The molecule has 1 aliphatic heterocycles. The Bertz CT molecular complexity index is 521. The number of nitrogens with zero attached hydrogens (tertiary/aromatic N) is 1. The highest BCUT2D eigenvalue weighted by molar-refractivity contribution is 6.53. The van der Waals surface area contributed by atoms with E-state index < -0.39 is 0 Å². The molecular weight excluding hydrogens is 181 g/mol. The van der Waals surface area contributed by atoms with Gasteiger partial charge in [-0.25, -0.2) is 0 Å². The molecule has 73 valence electrons. The van der Waals surface area contributed by atoms with Crippen LogP contribution >= 0.6 is 0 Å². The number of para-hydroxylation sites is 1. The number of aromatic nitrogens is 1. The van der Waals surface area contributed by atoms with Crippen LogP contribution in [-0.4, -0.2) is 7.28 Å². The van der Waals surface area contributed by atoms with Crippen molar-refractivity contribution in [3.8, 4) is 0 Å². The minimum Gasteiger partial charge on any atom is -0.199 e. The summed E-state index contributed by atoms with van der Waals surface area (Å²) in [5.74, 6) is 1.41. The Kier molecular flexibility index (Phi) is 1.85. The Balaban J connectivity index is 2.21. The van der Waals surface area contributed by atoms with Crippen molar-refractivity contribution in [2.45, 2.75) is 18.6 Å². The third kappa shape index (κ3) is 1.36. The molecule has 3 rings (SSSR count). The van der Waals surface area contributed by atoms with Gasteiger partial charge in [0.1, 0.15) is 14.3 Å². The van der Waals surface area contributed by atoms with Crippen LogP contribution in [0.1, 0.15) is 18.4 Å². The molecule has 1 fully saturated rings. The molecule has 2 aromatic rings. The fraction of sp³-hybridized carbons (Fsp3) is 0.308. The zero-order chi connectivity index (χ0) is 10.4. The van der Waals surface area contributed by atoms with E-state index in [4.69, 9.17) is 0 Å². The van der Waals surface area contributed by atoms with Crippen molar-refractivity contribution >= 4 is 18.2 Å². The van der Waals surface area contributed by atoms with Crippen LogP contribution in [0.25, 0.3) is 10.9 Å². The van der Waals surface area contributed by atoms with E-state index in [1.807, 2.05) is 0 Å². The zero-order valence-electron chi connectivity index (χ0n) is 9.14. The fourth-order valence-electron chi connectivity index (χ4n) is 2.33. The summed E-state index contributed by atoms with van der Waals surface area (Å²) in [5, 5.41) is 1.32. The summed E-state index contributed by atoms with van der Waals surface area (Å²) in [6.07, 6.45) is 0. The average Bonchev–Trinajstić information content (AvgIpc) is 2.96. The third-order valence-electron chi connectivity index (χ3n) is 3.40. The fourth-order valence-corrected chi connectivity index (χ4v) is 2.33. The maximum absolute atomic E-state index is 2.39. The van der Waals surface area contributed by atoms with Crippen molar-refractivity contribution in [2.24, 2.45) is 7.05 Å². The molecule has 1 unspecified atom stereocenters. The number of aryl methyl sites for hydroxylation is 1. The first kappa shape index (κ1) is 8.96. The Morgan fingerprint density at radius 3 is 2.60 bits per heavy atom. The van der Waals surface area contributed by atoms with E-state index >= 15 is 0 Å².